The first kappa shape index (κ1) is 11.0. The molecule has 2 atom stereocenters. The Kier molecular flexibility index (Phi) is 4.20. The summed E-state index contributed by atoms with van der Waals surface area (Å²) < 4.78 is 0. The van der Waals surface area contributed by atoms with Crippen molar-refractivity contribution in [3.63, 3.8) is 0 Å². The predicted octanol–water partition coefficient (Wildman–Crippen LogP) is 1.71. The predicted molar refractivity (Wildman–Crippen MR) is 58.0 cm³/mol. The largest absolute Gasteiger partial charge is 0.312 e. The summed E-state index contributed by atoms with van der Waals surface area (Å²) in [5.74, 6) is 0.848. The van der Waals surface area contributed by atoms with Crippen LogP contribution in [0.3, 0.4) is 0 Å². The summed E-state index contributed by atoms with van der Waals surface area (Å²) in [6.45, 7) is 9.32. The normalized spacial score (nSPS) is 27.9. The number of likely N-dealkylation sites (tertiary alicyclic amines) is 1. The van der Waals surface area contributed by atoms with Crippen LogP contribution in [-0.2, 0) is 0 Å². The topological polar surface area (TPSA) is 15.3 Å². The average Bonchev–Trinajstić information content (AvgIpc) is 2.03. The van der Waals surface area contributed by atoms with Gasteiger partial charge >= 0.3 is 0 Å². The van der Waals surface area contributed by atoms with E-state index in [1.165, 1.54) is 25.9 Å². The molecule has 0 amide bonds. The molecule has 2 unspecified atom stereocenters. The van der Waals surface area contributed by atoms with Crippen molar-refractivity contribution < 1.29 is 0 Å². The molecule has 2 heteroatoms. The third-order valence-corrected chi connectivity index (χ3v) is 2.96. The van der Waals surface area contributed by atoms with Crippen molar-refractivity contribution in [2.24, 2.45) is 5.92 Å². The van der Waals surface area contributed by atoms with Gasteiger partial charge in [0.05, 0.1) is 0 Å². The van der Waals surface area contributed by atoms with Gasteiger partial charge in [0.25, 0.3) is 0 Å². The Balaban J connectivity index is 2.32. The van der Waals surface area contributed by atoms with E-state index < -0.39 is 0 Å². The lowest BCUT2D eigenvalue weighted by Gasteiger charge is -2.34. The van der Waals surface area contributed by atoms with Gasteiger partial charge in [-0.2, -0.15) is 0 Å². The zero-order valence-electron chi connectivity index (χ0n) is 9.51. The molecule has 0 aromatic carbocycles. The molecule has 0 aromatic rings. The van der Waals surface area contributed by atoms with Crippen LogP contribution in [-0.4, -0.2) is 37.1 Å². The van der Waals surface area contributed by atoms with Gasteiger partial charge in [-0.05, 0) is 39.3 Å². The summed E-state index contributed by atoms with van der Waals surface area (Å²) in [5, 5.41) is 3.61. The summed E-state index contributed by atoms with van der Waals surface area (Å²) in [6, 6.07) is 1.28. The van der Waals surface area contributed by atoms with Crippen molar-refractivity contribution in [1.29, 1.82) is 0 Å². The van der Waals surface area contributed by atoms with Crippen molar-refractivity contribution in [2.45, 2.75) is 45.7 Å². The van der Waals surface area contributed by atoms with Crippen LogP contribution in [0.1, 0.15) is 33.6 Å². The number of nitrogens with zero attached hydrogens (tertiary/aromatic N) is 1. The standard InChI is InChI=1S/C11H24N2/c1-9(2)12-10(3)11-6-5-7-13(4)8-11/h9-12H,5-8H2,1-4H3. The number of nitrogens with one attached hydrogen (secondary N) is 1. The van der Waals surface area contributed by atoms with Crippen LogP contribution in [0.4, 0.5) is 0 Å². The lowest BCUT2D eigenvalue weighted by Crippen LogP contribution is -2.45. The monoisotopic (exact) mass is 184 g/mol. The molecule has 0 saturated carbocycles. The highest BCUT2D eigenvalue weighted by molar-refractivity contribution is 4.79. The van der Waals surface area contributed by atoms with Gasteiger partial charge in [-0.25, -0.2) is 0 Å². The van der Waals surface area contributed by atoms with Crippen molar-refractivity contribution in [3.8, 4) is 0 Å². The minimum absolute atomic E-state index is 0.613. The molecule has 0 bridgehead atoms. The van der Waals surface area contributed by atoms with Gasteiger partial charge in [0.15, 0.2) is 0 Å². The third-order valence-electron chi connectivity index (χ3n) is 2.96. The Labute approximate surface area is 82.7 Å². The SMILES string of the molecule is CC(C)NC(C)C1CCCN(C)C1. The maximum atomic E-state index is 3.61. The first-order chi connectivity index (χ1) is 6.09. The quantitative estimate of drug-likeness (QED) is 0.718. The molecule has 13 heavy (non-hydrogen) atoms. The van der Waals surface area contributed by atoms with Crippen molar-refractivity contribution in [1.82, 2.24) is 10.2 Å². The molecule has 0 spiro atoms. The van der Waals surface area contributed by atoms with E-state index in [9.17, 15) is 0 Å². The van der Waals surface area contributed by atoms with E-state index in [-0.39, 0.29) is 0 Å². The zero-order valence-corrected chi connectivity index (χ0v) is 9.51. The molecule has 0 aromatic heterocycles. The van der Waals surface area contributed by atoms with E-state index in [0.29, 0.717) is 12.1 Å². The Morgan fingerprint density at radius 1 is 1.31 bits per heavy atom. The molecule has 2 nitrogen and oxygen atoms in total. The van der Waals surface area contributed by atoms with Crippen molar-refractivity contribution >= 4 is 0 Å². The Hall–Kier alpha value is -0.0800. The van der Waals surface area contributed by atoms with E-state index in [0.717, 1.165) is 5.92 Å². The minimum Gasteiger partial charge on any atom is -0.312 e. The van der Waals surface area contributed by atoms with Crippen LogP contribution in [0.5, 0.6) is 0 Å². The molecule has 1 rings (SSSR count). The molecule has 1 aliphatic rings. The minimum atomic E-state index is 0.613. The van der Waals surface area contributed by atoms with Gasteiger partial charge < -0.3 is 10.2 Å². The molecule has 1 aliphatic heterocycles. The number of hydrogen-bond donors (Lipinski definition) is 1. The number of hydrogen-bond acceptors (Lipinski definition) is 2. The fourth-order valence-electron chi connectivity index (χ4n) is 2.28. The highest BCUT2D eigenvalue weighted by Crippen LogP contribution is 2.18. The summed E-state index contributed by atoms with van der Waals surface area (Å²) >= 11 is 0. The molecule has 1 fully saturated rings. The van der Waals surface area contributed by atoms with Crippen LogP contribution in [0.2, 0.25) is 0 Å². The maximum absolute atomic E-state index is 3.61. The Morgan fingerprint density at radius 3 is 2.54 bits per heavy atom. The van der Waals surface area contributed by atoms with Gasteiger partial charge in [-0.1, -0.05) is 13.8 Å². The highest BCUT2D eigenvalue weighted by atomic mass is 15.1. The van der Waals surface area contributed by atoms with Crippen LogP contribution in [0.15, 0.2) is 0 Å². The van der Waals surface area contributed by atoms with Gasteiger partial charge in [0.2, 0.25) is 0 Å². The third kappa shape index (κ3) is 3.65. The van der Waals surface area contributed by atoms with E-state index in [1.807, 2.05) is 0 Å². The van der Waals surface area contributed by atoms with Crippen LogP contribution in [0.25, 0.3) is 0 Å². The van der Waals surface area contributed by atoms with E-state index in [4.69, 9.17) is 0 Å². The van der Waals surface area contributed by atoms with Gasteiger partial charge in [0, 0.05) is 18.6 Å². The second-order valence-corrected chi connectivity index (χ2v) is 4.77. The molecule has 1 saturated heterocycles. The highest BCUT2D eigenvalue weighted by Gasteiger charge is 2.22. The molecule has 1 N–H and O–H groups in total. The van der Waals surface area contributed by atoms with E-state index >= 15 is 0 Å². The smallest absolute Gasteiger partial charge is 0.00815 e. The van der Waals surface area contributed by atoms with E-state index in [1.54, 1.807) is 0 Å². The average molecular weight is 184 g/mol. The number of rotatable bonds is 3. The maximum Gasteiger partial charge on any atom is 0.00815 e. The second kappa shape index (κ2) is 4.97. The van der Waals surface area contributed by atoms with Crippen molar-refractivity contribution in [3.05, 3.63) is 0 Å². The summed E-state index contributed by atoms with van der Waals surface area (Å²) in [6.07, 6.45) is 2.76. The fraction of sp³-hybridized carbons (Fsp3) is 1.00. The first-order valence-corrected chi connectivity index (χ1v) is 5.54. The first-order valence-electron chi connectivity index (χ1n) is 5.54. The van der Waals surface area contributed by atoms with E-state index in [2.05, 4.69) is 38.0 Å². The zero-order chi connectivity index (χ0) is 9.84. The summed E-state index contributed by atoms with van der Waals surface area (Å²) in [4.78, 5) is 2.45. The van der Waals surface area contributed by atoms with Crippen LogP contribution < -0.4 is 5.32 Å². The second-order valence-electron chi connectivity index (χ2n) is 4.77. The molecule has 0 radical (unpaired) electrons. The Morgan fingerprint density at radius 2 is 2.00 bits per heavy atom. The molecular formula is C11H24N2. The summed E-state index contributed by atoms with van der Waals surface area (Å²) in [5.41, 5.74) is 0. The molecule has 78 valence electrons. The fourth-order valence-corrected chi connectivity index (χ4v) is 2.28. The number of piperidine rings is 1. The van der Waals surface area contributed by atoms with Gasteiger partial charge in [-0.15, -0.1) is 0 Å². The Bertz CT molecular complexity index is 145. The lowest BCUT2D eigenvalue weighted by molar-refractivity contribution is 0.175. The summed E-state index contributed by atoms with van der Waals surface area (Å²) in [7, 11) is 2.23. The molecular weight excluding hydrogens is 160 g/mol. The van der Waals surface area contributed by atoms with Gasteiger partial charge in [0.1, 0.15) is 0 Å². The lowest BCUT2D eigenvalue weighted by atomic mass is 9.91. The van der Waals surface area contributed by atoms with Gasteiger partial charge in [-0.3, -0.25) is 0 Å². The van der Waals surface area contributed by atoms with Crippen LogP contribution >= 0.6 is 0 Å². The molecule has 1 heterocycles. The molecule has 0 aliphatic carbocycles. The van der Waals surface area contributed by atoms with Crippen molar-refractivity contribution in [2.75, 3.05) is 20.1 Å². The van der Waals surface area contributed by atoms with Crippen LogP contribution in [0, 0.1) is 5.92 Å².